The SMILES string of the molecule is CCCOc1ccc([C@@H](CC(=O)[O-])NC(=O)c2c(Cl)cccc2Cl)cc1. The Morgan fingerprint density at radius 1 is 1.12 bits per heavy atom. The quantitative estimate of drug-likeness (QED) is 0.743. The summed E-state index contributed by atoms with van der Waals surface area (Å²) in [6.45, 7) is 2.59. The molecule has 0 aliphatic rings. The number of aliphatic carboxylic acids is 1. The van der Waals surface area contributed by atoms with Crippen molar-refractivity contribution in [1.82, 2.24) is 5.32 Å². The van der Waals surface area contributed by atoms with E-state index in [1.807, 2.05) is 6.92 Å². The Bertz CT molecular complexity index is 757. The second-order valence-electron chi connectivity index (χ2n) is 5.62. The maximum absolute atomic E-state index is 12.5. The van der Waals surface area contributed by atoms with Crippen molar-refractivity contribution in [2.75, 3.05) is 6.61 Å². The van der Waals surface area contributed by atoms with Gasteiger partial charge in [0.1, 0.15) is 5.75 Å². The van der Waals surface area contributed by atoms with Crippen molar-refractivity contribution < 1.29 is 19.4 Å². The highest BCUT2D eigenvalue weighted by molar-refractivity contribution is 6.39. The monoisotopic (exact) mass is 394 g/mol. The molecule has 1 amide bonds. The topological polar surface area (TPSA) is 78.5 Å². The van der Waals surface area contributed by atoms with Crippen LogP contribution in [0.4, 0.5) is 0 Å². The summed E-state index contributed by atoms with van der Waals surface area (Å²) >= 11 is 12.1. The van der Waals surface area contributed by atoms with E-state index in [4.69, 9.17) is 27.9 Å². The van der Waals surface area contributed by atoms with Gasteiger partial charge in [-0.1, -0.05) is 48.3 Å². The van der Waals surface area contributed by atoms with Crippen LogP contribution in [0.2, 0.25) is 10.0 Å². The fourth-order valence-electron chi connectivity index (χ4n) is 2.38. The second kappa shape index (κ2) is 9.46. The highest BCUT2D eigenvalue weighted by Gasteiger charge is 2.20. The zero-order valence-corrected chi connectivity index (χ0v) is 15.6. The standard InChI is InChI=1S/C19H19Cl2NO4/c1-2-10-26-13-8-6-12(7-9-13)16(11-17(23)24)22-19(25)18-14(20)4-3-5-15(18)21/h3-9,16H,2,10-11H2,1H3,(H,22,25)(H,23,24)/p-1/t16-/m1/s1. The molecule has 1 atom stereocenters. The molecule has 0 spiro atoms. The van der Waals surface area contributed by atoms with Gasteiger partial charge in [0.15, 0.2) is 0 Å². The lowest BCUT2D eigenvalue weighted by molar-refractivity contribution is -0.306. The molecule has 0 aromatic heterocycles. The van der Waals surface area contributed by atoms with Crippen LogP contribution >= 0.6 is 23.2 Å². The van der Waals surface area contributed by atoms with E-state index in [1.54, 1.807) is 30.3 Å². The predicted molar refractivity (Wildman–Crippen MR) is 98.5 cm³/mol. The Morgan fingerprint density at radius 3 is 2.27 bits per heavy atom. The smallest absolute Gasteiger partial charge is 0.254 e. The van der Waals surface area contributed by atoms with Gasteiger partial charge < -0.3 is 20.0 Å². The van der Waals surface area contributed by atoms with Crippen molar-refractivity contribution in [3.63, 3.8) is 0 Å². The minimum absolute atomic E-state index is 0.0991. The molecule has 138 valence electrons. The molecule has 1 N–H and O–H groups in total. The van der Waals surface area contributed by atoms with Crippen LogP contribution in [0, 0.1) is 0 Å². The van der Waals surface area contributed by atoms with Gasteiger partial charge in [-0.15, -0.1) is 0 Å². The van der Waals surface area contributed by atoms with E-state index in [1.165, 1.54) is 12.1 Å². The van der Waals surface area contributed by atoms with Gasteiger partial charge in [-0.25, -0.2) is 0 Å². The predicted octanol–water partition coefficient (Wildman–Crippen LogP) is 3.39. The van der Waals surface area contributed by atoms with Crippen molar-refractivity contribution in [3.05, 3.63) is 63.6 Å². The summed E-state index contributed by atoms with van der Waals surface area (Å²) in [4.78, 5) is 23.6. The molecule has 0 aliphatic carbocycles. The third-order valence-corrected chi connectivity index (χ3v) is 4.25. The molecule has 2 aromatic carbocycles. The maximum atomic E-state index is 12.5. The van der Waals surface area contributed by atoms with Crippen LogP contribution in [0.5, 0.6) is 5.75 Å². The van der Waals surface area contributed by atoms with Gasteiger partial charge in [0.05, 0.1) is 28.3 Å². The van der Waals surface area contributed by atoms with Gasteiger partial charge in [-0.3, -0.25) is 4.79 Å². The lowest BCUT2D eigenvalue weighted by atomic mass is 10.0. The van der Waals surface area contributed by atoms with Crippen LogP contribution in [0.15, 0.2) is 42.5 Å². The van der Waals surface area contributed by atoms with Crippen molar-refractivity contribution >= 4 is 35.1 Å². The summed E-state index contributed by atoms with van der Waals surface area (Å²) in [6.07, 6.45) is 0.493. The first kappa shape index (κ1) is 20.1. The minimum Gasteiger partial charge on any atom is -0.550 e. The van der Waals surface area contributed by atoms with Gasteiger partial charge in [-0.05, 0) is 36.2 Å². The van der Waals surface area contributed by atoms with E-state index in [0.717, 1.165) is 6.42 Å². The zero-order valence-electron chi connectivity index (χ0n) is 14.1. The number of carboxylic acid groups (broad SMARTS) is 1. The number of benzene rings is 2. The van der Waals surface area contributed by atoms with Crippen LogP contribution in [-0.2, 0) is 4.79 Å². The van der Waals surface area contributed by atoms with E-state index in [2.05, 4.69) is 5.32 Å². The molecular weight excluding hydrogens is 377 g/mol. The fourth-order valence-corrected chi connectivity index (χ4v) is 2.95. The number of ether oxygens (including phenoxy) is 1. The molecular formula is C19H18Cl2NO4-. The number of carboxylic acids is 1. The summed E-state index contributed by atoms with van der Waals surface area (Å²) in [5, 5.41) is 14.1. The van der Waals surface area contributed by atoms with Gasteiger partial charge in [0.25, 0.3) is 5.91 Å². The molecule has 0 aliphatic heterocycles. The molecule has 2 aromatic rings. The number of halogens is 2. The third-order valence-electron chi connectivity index (χ3n) is 3.62. The van der Waals surface area contributed by atoms with Crippen LogP contribution < -0.4 is 15.2 Å². The Labute approximate surface area is 161 Å². The molecule has 0 radical (unpaired) electrons. The van der Waals surface area contributed by atoms with E-state index in [9.17, 15) is 14.7 Å². The molecule has 26 heavy (non-hydrogen) atoms. The van der Waals surface area contributed by atoms with E-state index < -0.39 is 17.9 Å². The summed E-state index contributed by atoms with van der Waals surface area (Å²) in [5.74, 6) is -1.17. The largest absolute Gasteiger partial charge is 0.550 e. The summed E-state index contributed by atoms with van der Waals surface area (Å²) in [7, 11) is 0. The van der Waals surface area contributed by atoms with Crippen molar-refractivity contribution in [1.29, 1.82) is 0 Å². The number of hydrogen-bond acceptors (Lipinski definition) is 4. The van der Waals surface area contributed by atoms with E-state index in [0.29, 0.717) is 17.9 Å². The average Bonchev–Trinajstić information content (AvgIpc) is 2.59. The molecule has 5 nitrogen and oxygen atoms in total. The molecule has 0 saturated heterocycles. The number of carbonyl (C=O) groups is 2. The summed E-state index contributed by atoms with van der Waals surface area (Å²) in [6, 6.07) is 10.8. The van der Waals surface area contributed by atoms with Crippen molar-refractivity contribution in [2.24, 2.45) is 0 Å². The lowest BCUT2D eigenvalue weighted by Crippen LogP contribution is -2.34. The van der Waals surface area contributed by atoms with Crippen LogP contribution in [0.1, 0.15) is 41.7 Å². The Hall–Kier alpha value is -2.24. The summed E-state index contributed by atoms with van der Waals surface area (Å²) in [5.41, 5.74) is 0.705. The lowest BCUT2D eigenvalue weighted by Gasteiger charge is -2.21. The first-order chi connectivity index (χ1) is 12.4. The van der Waals surface area contributed by atoms with Crippen LogP contribution in [-0.4, -0.2) is 18.5 Å². The highest BCUT2D eigenvalue weighted by atomic mass is 35.5. The van der Waals surface area contributed by atoms with Crippen molar-refractivity contribution in [3.8, 4) is 5.75 Å². The number of carbonyl (C=O) groups excluding carboxylic acids is 2. The van der Waals surface area contributed by atoms with Crippen LogP contribution in [0.25, 0.3) is 0 Å². The number of amides is 1. The number of hydrogen-bond donors (Lipinski definition) is 1. The fraction of sp³-hybridized carbons (Fsp3) is 0.263. The van der Waals surface area contributed by atoms with Crippen molar-refractivity contribution in [2.45, 2.75) is 25.8 Å². The van der Waals surface area contributed by atoms with Gasteiger partial charge in [0.2, 0.25) is 0 Å². The molecule has 0 bridgehead atoms. The molecule has 0 heterocycles. The Morgan fingerprint density at radius 2 is 1.73 bits per heavy atom. The van der Waals surface area contributed by atoms with Gasteiger partial charge >= 0.3 is 0 Å². The molecule has 0 fully saturated rings. The Balaban J connectivity index is 2.22. The van der Waals surface area contributed by atoms with Gasteiger partial charge in [-0.2, -0.15) is 0 Å². The maximum Gasteiger partial charge on any atom is 0.254 e. The first-order valence-corrected chi connectivity index (χ1v) is 8.85. The zero-order chi connectivity index (χ0) is 19.1. The normalized spacial score (nSPS) is 11.7. The number of nitrogens with one attached hydrogen (secondary N) is 1. The van der Waals surface area contributed by atoms with E-state index in [-0.39, 0.29) is 22.0 Å². The van der Waals surface area contributed by atoms with Crippen LogP contribution in [0.3, 0.4) is 0 Å². The van der Waals surface area contributed by atoms with E-state index >= 15 is 0 Å². The first-order valence-electron chi connectivity index (χ1n) is 8.09. The molecule has 2 rings (SSSR count). The highest BCUT2D eigenvalue weighted by Crippen LogP contribution is 2.26. The third kappa shape index (κ3) is 5.38. The minimum atomic E-state index is -1.29. The summed E-state index contributed by atoms with van der Waals surface area (Å²) < 4.78 is 5.50. The molecule has 0 unspecified atom stereocenters. The second-order valence-corrected chi connectivity index (χ2v) is 6.43. The van der Waals surface area contributed by atoms with Gasteiger partial charge in [0, 0.05) is 12.4 Å². The molecule has 7 heteroatoms. The number of rotatable bonds is 8. The molecule has 0 saturated carbocycles. The average molecular weight is 395 g/mol. The Kier molecular flexibility index (Phi) is 7.30.